The number of nitrogens with two attached hydrogens (primary N) is 1. The molecule has 0 aliphatic carbocycles. The van der Waals surface area contributed by atoms with Gasteiger partial charge in [-0.15, -0.1) is 11.3 Å². The van der Waals surface area contributed by atoms with Crippen molar-refractivity contribution in [1.29, 1.82) is 5.26 Å². The van der Waals surface area contributed by atoms with Crippen LogP contribution in [0, 0.1) is 11.3 Å². The van der Waals surface area contributed by atoms with E-state index in [9.17, 15) is 4.79 Å². The SMILES string of the molecule is CN(C(=O)c1csc(CN)n1)c1ccc(C#N)cc1. The second-order valence-corrected chi connectivity index (χ2v) is 4.80. The van der Waals surface area contributed by atoms with Crippen molar-refractivity contribution in [1.82, 2.24) is 4.98 Å². The number of thiazole rings is 1. The lowest BCUT2D eigenvalue weighted by atomic mass is 10.2. The molecule has 0 bridgehead atoms. The summed E-state index contributed by atoms with van der Waals surface area (Å²) in [6.45, 7) is 0.332. The average Bonchev–Trinajstić information content (AvgIpc) is 2.94. The minimum Gasteiger partial charge on any atom is -0.325 e. The Morgan fingerprint density at radius 1 is 1.47 bits per heavy atom. The summed E-state index contributed by atoms with van der Waals surface area (Å²) in [4.78, 5) is 17.8. The number of benzene rings is 1. The van der Waals surface area contributed by atoms with Crippen molar-refractivity contribution >= 4 is 22.9 Å². The molecule has 19 heavy (non-hydrogen) atoms. The second-order valence-electron chi connectivity index (χ2n) is 3.85. The molecule has 0 saturated carbocycles. The lowest BCUT2D eigenvalue weighted by Gasteiger charge is -2.15. The molecule has 0 fully saturated rings. The summed E-state index contributed by atoms with van der Waals surface area (Å²) < 4.78 is 0. The van der Waals surface area contributed by atoms with Gasteiger partial charge in [-0.05, 0) is 24.3 Å². The number of carbonyl (C=O) groups is 1. The fourth-order valence-electron chi connectivity index (χ4n) is 1.55. The molecule has 0 saturated heterocycles. The quantitative estimate of drug-likeness (QED) is 0.922. The third-order valence-electron chi connectivity index (χ3n) is 2.63. The molecule has 2 aromatic rings. The molecule has 0 radical (unpaired) electrons. The maximum atomic E-state index is 12.2. The van der Waals surface area contributed by atoms with Crippen LogP contribution < -0.4 is 10.6 Å². The number of anilines is 1. The van der Waals surface area contributed by atoms with Gasteiger partial charge in [0, 0.05) is 24.7 Å². The monoisotopic (exact) mass is 272 g/mol. The summed E-state index contributed by atoms with van der Waals surface area (Å²) in [5, 5.41) is 11.2. The highest BCUT2D eigenvalue weighted by atomic mass is 32.1. The lowest BCUT2D eigenvalue weighted by molar-refractivity contribution is 0.0989. The minimum atomic E-state index is -0.194. The van der Waals surface area contributed by atoms with Gasteiger partial charge in [-0.3, -0.25) is 4.79 Å². The van der Waals surface area contributed by atoms with Gasteiger partial charge in [0.25, 0.3) is 5.91 Å². The zero-order valence-electron chi connectivity index (χ0n) is 10.3. The molecule has 1 aromatic carbocycles. The van der Waals surface area contributed by atoms with E-state index in [1.54, 1.807) is 36.7 Å². The Balaban J connectivity index is 2.20. The Labute approximate surface area is 114 Å². The highest BCUT2D eigenvalue weighted by Crippen LogP contribution is 2.17. The van der Waals surface area contributed by atoms with E-state index in [2.05, 4.69) is 4.98 Å². The van der Waals surface area contributed by atoms with Crippen LogP contribution in [-0.2, 0) is 6.54 Å². The van der Waals surface area contributed by atoms with Gasteiger partial charge in [-0.1, -0.05) is 0 Å². The average molecular weight is 272 g/mol. The third-order valence-corrected chi connectivity index (χ3v) is 3.50. The molecular formula is C13H12N4OS. The lowest BCUT2D eigenvalue weighted by Crippen LogP contribution is -2.26. The predicted octanol–water partition coefficient (Wildman–Crippen LogP) is 1.75. The smallest absolute Gasteiger partial charge is 0.277 e. The fraction of sp³-hybridized carbons (Fsp3) is 0.154. The molecule has 2 rings (SSSR count). The maximum absolute atomic E-state index is 12.2. The van der Waals surface area contributed by atoms with Crippen LogP contribution in [-0.4, -0.2) is 17.9 Å². The zero-order chi connectivity index (χ0) is 13.8. The molecule has 2 N–H and O–H groups in total. The molecule has 96 valence electrons. The van der Waals surface area contributed by atoms with E-state index >= 15 is 0 Å². The summed E-state index contributed by atoms with van der Waals surface area (Å²) in [5.41, 5.74) is 7.13. The molecule has 0 atom stereocenters. The fourth-order valence-corrected chi connectivity index (χ4v) is 2.20. The molecular weight excluding hydrogens is 260 g/mol. The standard InChI is InChI=1S/C13H12N4OS/c1-17(10-4-2-9(6-14)3-5-10)13(18)11-8-19-12(7-15)16-11/h2-5,8H,7,15H2,1H3. The van der Waals surface area contributed by atoms with Gasteiger partial charge in [0.1, 0.15) is 10.7 Å². The molecule has 1 amide bonds. The maximum Gasteiger partial charge on any atom is 0.277 e. The van der Waals surface area contributed by atoms with Gasteiger partial charge in [-0.25, -0.2) is 4.98 Å². The number of nitriles is 1. The second kappa shape index (κ2) is 5.61. The van der Waals surface area contributed by atoms with Crippen molar-refractivity contribution in [2.75, 3.05) is 11.9 Å². The van der Waals surface area contributed by atoms with Crippen LogP contribution in [0.25, 0.3) is 0 Å². The van der Waals surface area contributed by atoms with Crippen molar-refractivity contribution in [3.05, 3.63) is 45.9 Å². The number of aromatic nitrogens is 1. The largest absolute Gasteiger partial charge is 0.325 e. The highest BCUT2D eigenvalue weighted by Gasteiger charge is 2.16. The van der Waals surface area contributed by atoms with Crippen molar-refractivity contribution in [3.8, 4) is 6.07 Å². The van der Waals surface area contributed by atoms with E-state index in [-0.39, 0.29) is 5.91 Å². The van der Waals surface area contributed by atoms with Crippen LogP contribution in [0.15, 0.2) is 29.6 Å². The third kappa shape index (κ3) is 2.78. The molecule has 6 heteroatoms. The summed E-state index contributed by atoms with van der Waals surface area (Å²) in [6.07, 6.45) is 0. The molecule has 0 unspecified atom stereocenters. The first kappa shape index (κ1) is 13.2. The zero-order valence-corrected chi connectivity index (χ0v) is 11.1. The number of hydrogen-bond donors (Lipinski definition) is 1. The number of nitrogens with zero attached hydrogens (tertiary/aromatic N) is 3. The van der Waals surface area contributed by atoms with Crippen molar-refractivity contribution in [3.63, 3.8) is 0 Å². The molecule has 0 spiro atoms. The van der Waals surface area contributed by atoms with E-state index in [1.165, 1.54) is 16.2 Å². The summed E-state index contributed by atoms with van der Waals surface area (Å²) in [5.74, 6) is -0.194. The van der Waals surface area contributed by atoms with E-state index in [4.69, 9.17) is 11.0 Å². The van der Waals surface area contributed by atoms with Crippen molar-refractivity contribution in [2.45, 2.75) is 6.54 Å². The first-order chi connectivity index (χ1) is 9.15. The Bertz CT molecular complexity index is 627. The van der Waals surface area contributed by atoms with Gasteiger partial charge in [-0.2, -0.15) is 5.26 Å². The molecule has 5 nitrogen and oxygen atoms in total. The van der Waals surface area contributed by atoms with Crippen molar-refractivity contribution < 1.29 is 4.79 Å². The van der Waals surface area contributed by atoms with E-state index in [1.807, 2.05) is 6.07 Å². The van der Waals surface area contributed by atoms with Gasteiger partial charge < -0.3 is 10.6 Å². The van der Waals surface area contributed by atoms with E-state index in [0.717, 1.165) is 5.01 Å². The normalized spacial score (nSPS) is 9.95. The number of carbonyl (C=O) groups excluding carboxylic acids is 1. The predicted molar refractivity (Wildman–Crippen MR) is 73.9 cm³/mol. The van der Waals surface area contributed by atoms with Crippen LogP contribution >= 0.6 is 11.3 Å². The van der Waals surface area contributed by atoms with E-state index in [0.29, 0.717) is 23.5 Å². The first-order valence-electron chi connectivity index (χ1n) is 5.58. The number of hydrogen-bond acceptors (Lipinski definition) is 5. The molecule has 1 heterocycles. The highest BCUT2D eigenvalue weighted by molar-refractivity contribution is 7.09. The van der Waals surface area contributed by atoms with Crippen LogP contribution in [0.3, 0.4) is 0 Å². The summed E-state index contributed by atoms with van der Waals surface area (Å²) >= 11 is 1.37. The molecule has 0 aliphatic heterocycles. The molecule has 1 aromatic heterocycles. The van der Waals surface area contributed by atoms with Crippen LogP contribution in [0.1, 0.15) is 21.1 Å². The van der Waals surface area contributed by atoms with Crippen molar-refractivity contribution in [2.24, 2.45) is 5.73 Å². The Hall–Kier alpha value is -2.23. The van der Waals surface area contributed by atoms with Gasteiger partial charge in [0.2, 0.25) is 0 Å². The molecule has 0 aliphatic rings. The first-order valence-corrected chi connectivity index (χ1v) is 6.46. The Morgan fingerprint density at radius 2 is 2.16 bits per heavy atom. The van der Waals surface area contributed by atoms with Gasteiger partial charge in [0.15, 0.2) is 0 Å². The number of amides is 1. The Morgan fingerprint density at radius 3 is 2.68 bits per heavy atom. The topological polar surface area (TPSA) is 83.0 Å². The van der Waals surface area contributed by atoms with Gasteiger partial charge in [0.05, 0.1) is 11.6 Å². The minimum absolute atomic E-state index is 0.194. The number of rotatable bonds is 3. The summed E-state index contributed by atoms with van der Waals surface area (Å²) in [7, 11) is 1.67. The van der Waals surface area contributed by atoms with Crippen LogP contribution in [0.2, 0.25) is 0 Å². The van der Waals surface area contributed by atoms with E-state index < -0.39 is 0 Å². The van der Waals surface area contributed by atoms with Crippen LogP contribution in [0.5, 0.6) is 0 Å². The van der Waals surface area contributed by atoms with Crippen LogP contribution in [0.4, 0.5) is 5.69 Å². The Kier molecular flexibility index (Phi) is 3.90. The van der Waals surface area contributed by atoms with Gasteiger partial charge >= 0.3 is 0 Å². The summed E-state index contributed by atoms with van der Waals surface area (Å²) in [6, 6.07) is 8.84.